The second-order valence-corrected chi connectivity index (χ2v) is 9.33. The largest absolute Gasteiger partial charge is 0.505 e. The number of ether oxygens (including phenoxy) is 3. The van der Waals surface area contributed by atoms with Gasteiger partial charge >= 0.3 is 5.97 Å². The van der Waals surface area contributed by atoms with E-state index in [-0.39, 0.29) is 17.5 Å². The van der Waals surface area contributed by atoms with Crippen LogP contribution in [0.5, 0.6) is 17.2 Å². The molecule has 0 radical (unpaired) electrons. The Morgan fingerprint density at radius 3 is 2.43 bits per heavy atom. The molecule has 0 saturated heterocycles. The van der Waals surface area contributed by atoms with Crippen LogP contribution >= 0.6 is 0 Å². The molecule has 0 aliphatic carbocycles. The van der Waals surface area contributed by atoms with E-state index in [1.54, 1.807) is 20.3 Å². The summed E-state index contributed by atoms with van der Waals surface area (Å²) >= 11 is 0. The molecule has 0 amide bonds. The summed E-state index contributed by atoms with van der Waals surface area (Å²) in [6.07, 6.45) is 5.99. The topological polar surface area (TPSA) is 81.1 Å². The van der Waals surface area contributed by atoms with Crippen molar-refractivity contribution < 1.29 is 24.1 Å². The maximum Gasteiger partial charge on any atom is 0.360 e. The van der Waals surface area contributed by atoms with Gasteiger partial charge in [0.1, 0.15) is 5.75 Å². The monoisotopic (exact) mass is 504 g/mol. The fraction of sp³-hybridized carbons (Fsp3) is 0.400. The zero-order valence-corrected chi connectivity index (χ0v) is 21.9. The Kier molecular flexibility index (Phi) is 9.01. The molecule has 1 aliphatic heterocycles. The molecular weight excluding hydrogens is 468 g/mol. The van der Waals surface area contributed by atoms with Crippen LogP contribution < -0.4 is 9.47 Å². The van der Waals surface area contributed by atoms with Gasteiger partial charge in [-0.3, -0.25) is 4.90 Å². The third kappa shape index (κ3) is 6.23. The van der Waals surface area contributed by atoms with Crippen molar-refractivity contribution in [2.75, 3.05) is 34.4 Å². The van der Waals surface area contributed by atoms with E-state index in [1.807, 2.05) is 0 Å². The Labute approximate surface area is 219 Å². The molecule has 1 unspecified atom stereocenters. The highest BCUT2D eigenvalue weighted by molar-refractivity contribution is 5.90. The third-order valence-corrected chi connectivity index (χ3v) is 7.03. The number of aromatic hydroxyl groups is 1. The molecule has 37 heavy (non-hydrogen) atoms. The van der Waals surface area contributed by atoms with Crippen LogP contribution in [0.1, 0.15) is 64.6 Å². The number of fused-ring (bicyclic) bond motifs is 1. The normalized spacial score (nSPS) is 15.2. The number of carbonyl (C=O) groups excluding carboxylic acids is 1. The first-order chi connectivity index (χ1) is 18.0. The second-order valence-electron chi connectivity index (χ2n) is 9.33. The van der Waals surface area contributed by atoms with Crippen molar-refractivity contribution in [1.82, 2.24) is 9.88 Å². The molecule has 1 atom stereocenters. The van der Waals surface area contributed by atoms with Gasteiger partial charge in [-0.25, -0.2) is 9.78 Å². The average Bonchev–Trinajstić information content (AvgIpc) is 2.94. The molecule has 1 aliphatic rings. The molecule has 7 heteroatoms. The number of esters is 1. The number of aryl methyl sites for hydroxylation is 1. The number of methoxy groups -OCH3 is 3. The van der Waals surface area contributed by atoms with Crippen LogP contribution in [0.3, 0.4) is 0 Å². The minimum atomic E-state index is -0.619. The quantitative estimate of drug-likeness (QED) is 0.279. The van der Waals surface area contributed by atoms with Gasteiger partial charge in [0.15, 0.2) is 17.2 Å². The summed E-state index contributed by atoms with van der Waals surface area (Å²) < 4.78 is 15.9. The van der Waals surface area contributed by atoms with E-state index in [0.717, 1.165) is 68.8 Å². The molecule has 1 aromatic heterocycles. The molecule has 196 valence electrons. The van der Waals surface area contributed by atoms with Crippen molar-refractivity contribution in [3.8, 4) is 17.2 Å². The number of hydrogen-bond acceptors (Lipinski definition) is 7. The lowest BCUT2D eigenvalue weighted by atomic mass is 9.87. The zero-order chi connectivity index (χ0) is 26.2. The molecule has 2 heterocycles. The number of unbranched alkanes of at least 4 members (excludes halogenated alkanes) is 3. The van der Waals surface area contributed by atoms with E-state index in [2.05, 4.69) is 52.3 Å². The summed E-state index contributed by atoms with van der Waals surface area (Å²) in [7, 11) is 4.66. The Hall–Kier alpha value is -3.58. The number of benzene rings is 2. The SMILES string of the molecule is COC(=O)c1nc(CCCCCCN2CCc3cc(OC)c(OC)cc3C2c2ccccc2)ccc1O. The van der Waals surface area contributed by atoms with E-state index in [9.17, 15) is 9.90 Å². The van der Waals surface area contributed by atoms with E-state index >= 15 is 0 Å². The molecular formula is C30H36N2O5. The third-order valence-electron chi connectivity index (χ3n) is 7.03. The molecule has 4 rings (SSSR count). The van der Waals surface area contributed by atoms with Crippen molar-refractivity contribution in [3.63, 3.8) is 0 Å². The highest BCUT2D eigenvalue weighted by atomic mass is 16.5. The number of aromatic nitrogens is 1. The summed E-state index contributed by atoms with van der Waals surface area (Å²) in [6.45, 7) is 2.01. The van der Waals surface area contributed by atoms with Crippen molar-refractivity contribution in [2.24, 2.45) is 0 Å². The van der Waals surface area contributed by atoms with Crippen molar-refractivity contribution >= 4 is 5.97 Å². The van der Waals surface area contributed by atoms with Gasteiger partial charge in [-0.1, -0.05) is 43.2 Å². The average molecular weight is 505 g/mol. The maximum absolute atomic E-state index is 11.8. The van der Waals surface area contributed by atoms with Gasteiger partial charge in [0.25, 0.3) is 0 Å². The molecule has 7 nitrogen and oxygen atoms in total. The van der Waals surface area contributed by atoms with E-state index < -0.39 is 5.97 Å². The first kappa shape index (κ1) is 26.5. The van der Waals surface area contributed by atoms with Crippen LogP contribution in [0.25, 0.3) is 0 Å². The molecule has 1 N–H and O–H groups in total. The number of carbonyl (C=O) groups is 1. The Morgan fingerprint density at radius 1 is 0.973 bits per heavy atom. The Bertz CT molecular complexity index is 1200. The summed E-state index contributed by atoms with van der Waals surface area (Å²) in [4.78, 5) is 18.6. The van der Waals surface area contributed by atoms with E-state index in [0.29, 0.717) is 0 Å². The molecule has 0 spiro atoms. The standard InChI is InChI=1S/C30H36N2O5/c1-35-26-19-22-16-18-32(29(21-11-7-6-8-12-21)24(22)20-27(26)36-2)17-10-5-4-9-13-23-14-15-25(33)28(31-23)30(34)37-3/h6-8,11-12,14-15,19-20,29,33H,4-5,9-10,13,16-18H2,1-3H3. The lowest BCUT2D eigenvalue weighted by Gasteiger charge is -2.38. The highest BCUT2D eigenvalue weighted by Gasteiger charge is 2.30. The number of nitrogens with zero attached hydrogens (tertiary/aromatic N) is 2. The summed E-state index contributed by atoms with van der Waals surface area (Å²) in [5.41, 5.74) is 4.66. The Balaban J connectivity index is 1.37. The summed E-state index contributed by atoms with van der Waals surface area (Å²) in [6, 6.07) is 18.4. The van der Waals surface area contributed by atoms with Crippen LogP contribution in [-0.2, 0) is 17.6 Å². The van der Waals surface area contributed by atoms with Gasteiger partial charge in [-0.05, 0) is 73.2 Å². The minimum absolute atomic E-state index is 0.0217. The van der Waals surface area contributed by atoms with Crippen LogP contribution in [0.15, 0.2) is 54.6 Å². The fourth-order valence-corrected chi connectivity index (χ4v) is 5.12. The van der Waals surface area contributed by atoms with Gasteiger partial charge in [-0.2, -0.15) is 0 Å². The van der Waals surface area contributed by atoms with Crippen LogP contribution in [0.4, 0.5) is 0 Å². The van der Waals surface area contributed by atoms with Gasteiger partial charge in [-0.15, -0.1) is 0 Å². The van der Waals surface area contributed by atoms with Crippen LogP contribution in [0.2, 0.25) is 0 Å². The van der Waals surface area contributed by atoms with Crippen molar-refractivity contribution in [1.29, 1.82) is 0 Å². The van der Waals surface area contributed by atoms with Gasteiger partial charge in [0.2, 0.25) is 0 Å². The van der Waals surface area contributed by atoms with Gasteiger partial charge < -0.3 is 19.3 Å². The highest BCUT2D eigenvalue weighted by Crippen LogP contribution is 2.41. The van der Waals surface area contributed by atoms with E-state index in [1.165, 1.54) is 29.9 Å². The zero-order valence-electron chi connectivity index (χ0n) is 21.9. The molecule has 2 aromatic carbocycles. The number of rotatable bonds is 11. The second kappa shape index (κ2) is 12.6. The predicted molar refractivity (Wildman–Crippen MR) is 143 cm³/mol. The van der Waals surface area contributed by atoms with Gasteiger partial charge in [0.05, 0.1) is 27.4 Å². The Morgan fingerprint density at radius 2 is 1.70 bits per heavy atom. The van der Waals surface area contributed by atoms with E-state index in [4.69, 9.17) is 14.2 Å². The fourth-order valence-electron chi connectivity index (χ4n) is 5.12. The molecule has 3 aromatic rings. The van der Waals surface area contributed by atoms with Crippen molar-refractivity contribution in [3.05, 3.63) is 82.7 Å². The first-order valence-corrected chi connectivity index (χ1v) is 12.9. The lowest BCUT2D eigenvalue weighted by Crippen LogP contribution is -2.36. The molecule has 0 saturated carbocycles. The van der Waals surface area contributed by atoms with Crippen LogP contribution in [-0.4, -0.2) is 55.4 Å². The smallest absolute Gasteiger partial charge is 0.360 e. The number of hydrogen-bond donors (Lipinski definition) is 1. The minimum Gasteiger partial charge on any atom is -0.505 e. The molecule has 0 fully saturated rings. The van der Waals surface area contributed by atoms with Crippen LogP contribution in [0, 0.1) is 0 Å². The van der Waals surface area contributed by atoms with Crippen molar-refractivity contribution in [2.45, 2.75) is 44.6 Å². The maximum atomic E-state index is 11.8. The summed E-state index contributed by atoms with van der Waals surface area (Å²) in [5, 5.41) is 9.84. The predicted octanol–water partition coefficient (Wildman–Crippen LogP) is 5.34. The first-order valence-electron chi connectivity index (χ1n) is 12.9. The number of pyridine rings is 1. The van der Waals surface area contributed by atoms with Gasteiger partial charge in [0, 0.05) is 12.2 Å². The molecule has 0 bridgehead atoms. The summed E-state index contributed by atoms with van der Waals surface area (Å²) in [5.74, 6) is 0.778. The lowest BCUT2D eigenvalue weighted by molar-refractivity contribution is 0.0590.